The van der Waals surface area contributed by atoms with Crippen LogP contribution in [0.15, 0.2) is 0 Å². The van der Waals surface area contributed by atoms with Gasteiger partial charge in [-0.25, -0.2) is 4.79 Å². The zero-order valence-corrected chi connectivity index (χ0v) is 8.52. The van der Waals surface area contributed by atoms with Gasteiger partial charge in [0.05, 0.1) is 0 Å². The summed E-state index contributed by atoms with van der Waals surface area (Å²) in [5.74, 6) is 0.864. The predicted molar refractivity (Wildman–Crippen MR) is 46.7 cm³/mol. The van der Waals surface area contributed by atoms with Gasteiger partial charge in [0, 0.05) is 0 Å². The Kier molecular flexibility index (Phi) is 1.37. The van der Waals surface area contributed by atoms with E-state index in [0.29, 0.717) is 11.8 Å². The van der Waals surface area contributed by atoms with Crippen molar-refractivity contribution in [1.82, 2.24) is 0 Å². The van der Waals surface area contributed by atoms with Crippen LogP contribution in [0.3, 0.4) is 0 Å². The predicted octanol–water partition coefficient (Wildman–Crippen LogP) is 1.33. The first-order valence-corrected chi connectivity index (χ1v) is 5.09. The van der Waals surface area contributed by atoms with Gasteiger partial charge in [-0.15, -0.1) is 0 Å². The number of fused-ring (bicyclic) bond motifs is 5. The van der Waals surface area contributed by atoms with Crippen LogP contribution in [0.1, 0.15) is 20.8 Å². The second kappa shape index (κ2) is 2.24. The Morgan fingerprint density at radius 3 is 2.64 bits per heavy atom. The second-order valence-corrected chi connectivity index (χ2v) is 4.81. The Hall–Kier alpha value is -0.770. The molecule has 0 amide bonds. The van der Waals surface area contributed by atoms with Crippen molar-refractivity contribution in [2.45, 2.75) is 44.7 Å². The Bertz CT molecular complexity index is 302. The fourth-order valence-corrected chi connectivity index (χ4v) is 3.09. The summed E-state index contributed by atoms with van der Waals surface area (Å²) in [6, 6.07) is 0. The molecule has 3 saturated heterocycles. The molecule has 4 heteroatoms. The van der Waals surface area contributed by atoms with Crippen LogP contribution in [0, 0.1) is 11.8 Å². The molecule has 3 aliphatic heterocycles. The quantitative estimate of drug-likeness (QED) is 0.551. The highest BCUT2D eigenvalue weighted by Gasteiger charge is 2.70. The van der Waals surface area contributed by atoms with E-state index in [1.54, 1.807) is 0 Å². The van der Waals surface area contributed by atoms with Crippen molar-refractivity contribution in [3.05, 3.63) is 0 Å². The van der Waals surface area contributed by atoms with Crippen molar-refractivity contribution in [3.63, 3.8) is 0 Å². The molecule has 0 radical (unpaired) electrons. The standard InChI is InChI=1S/C10H14O4/c1-4-5(2)7-10(3)8(6(4)12-7)13-9(11)14-10/h4-8H,1-3H3. The summed E-state index contributed by atoms with van der Waals surface area (Å²) in [7, 11) is 0. The third kappa shape index (κ3) is 0.726. The molecule has 0 aromatic rings. The molecule has 3 fully saturated rings. The molecule has 0 aliphatic carbocycles. The third-order valence-electron chi connectivity index (χ3n) is 4.08. The van der Waals surface area contributed by atoms with E-state index in [9.17, 15) is 4.79 Å². The summed E-state index contributed by atoms with van der Waals surface area (Å²) in [5, 5.41) is 0. The number of ether oxygens (including phenoxy) is 3. The highest BCUT2D eigenvalue weighted by atomic mass is 16.8. The molecule has 2 bridgehead atoms. The summed E-state index contributed by atoms with van der Waals surface area (Å²) >= 11 is 0. The number of hydrogen-bond donors (Lipinski definition) is 0. The maximum Gasteiger partial charge on any atom is 0.509 e. The first-order chi connectivity index (χ1) is 6.54. The molecule has 4 nitrogen and oxygen atoms in total. The van der Waals surface area contributed by atoms with E-state index in [1.807, 2.05) is 6.92 Å². The van der Waals surface area contributed by atoms with Gasteiger partial charge in [0.15, 0.2) is 11.7 Å². The summed E-state index contributed by atoms with van der Waals surface area (Å²) in [5.41, 5.74) is -0.548. The van der Waals surface area contributed by atoms with Gasteiger partial charge in [-0.3, -0.25) is 0 Å². The van der Waals surface area contributed by atoms with Crippen LogP contribution in [0.2, 0.25) is 0 Å². The average molecular weight is 198 g/mol. The van der Waals surface area contributed by atoms with Gasteiger partial charge in [-0.05, 0) is 18.8 Å². The Balaban J connectivity index is 2.01. The second-order valence-electron chi connectivity index (χ2n) is 4.81. The number of hydrogen-bond acceptors (Lipinski definition) is 4. The zero-order valence-electron chi connectivity index (χ0n) is 8.52. The van der Waals surface area contributed by atoms with Crippen LogP contribution in [0.5, 0.6) is 0 Å². The molecule has 6 atom stereocenters. The summed E-state index contributed by atoms with van der Waals surface area (Å²) in [4.78, 5) is 11.1. The van der Waals surface area contributed by atoms with Gasteiger partial charge >= 0.3 is 6.16 Å². The molecule has 3 aliphatic rings. The maximum atomic E-state index is 11.1. The van der Waals surface area contributed by atoms with Crippen LogP contribution in [-0.4, -0.2) is 30.1 Å². The maximum absolute atomic E-state index is 11.1. The SMILES string of the molecule is CC1C(C)C2OC1C1OC(=O)OC21C. The monoisotopic (exact) mass is 198 g/mol. The third-order valence-corrected chi connectivity index (χ3v) is 4.08. The molecule has 0 spiro atoms. The van der Waals surface area contributed by atoms with Crippen LogP contribution < -0.4 is 0 Å². The highest BCUT2D eigenvalue weighted by Crippen LogP contribution is 2.53. The van der Waals surface area contributed by atoms with Crippen LogP contribution in [-0.2, 0) is 14.2 Å². The summed E-state index contributed by atoms with van der Waals surface area (Å²) < 4.78 is 16.2. The molecule has 0 N–H and O–H groups in total. The van der Waals surface area contributed by atoms with Crippen molar-refractivity contribution in [3.8, 4) is 0 Å². The van der Waals surface area contributed by atoms with Crippen LogP contribution in [0.25, 0.3) is 0 Å². The summed E-state index contributed by atoms with van der Waals surface area (Å²) in [6.45, 7) is 6.19. The van der Waals surface area contributed by atoms with E-state index in [-0.39, 0.29) is 18.3 Å². The van der Waals surface area contributed by atoms with Gasteiger partial charge < -0.3 is 14.2 Å². The van der Waals surface area contributed by atoms with E-state index in [4.69, 9.17) is 14.2 Å². The first-order valence-electron chi connectivity index (χ1n) is 5.09. The zero-order chi connectivity index (χ0) is 10.1. The van der Waals surface area contributed by atoms with E-state index in [0.717, 1.165) is 0 Å². The molecule has 3 rings (SSSR count). The topological polar surface area (TPSA) is 44.8 Å². The van der Waals surface area contributed by atoms with Crippen molar-refractivity contribution >= 4 is 6.16 Å². The number of carbonyl (C=O) groups is 1. The molecule has 14 heavy (non-hydrogen) atoms. The lowest BCUT2D eigenvalue weighted by atomic mass is 9.72. The van der Waals surface area contributed by atoms with E-state index in [1.165, 1.54) is 0 Å². The van der Waals surface area contributed by atoms with Gasteiger partial charge in [-0.1, -0.05) is 13.8 Å². The average Bonchev–Trinajstić information content (AvgIpc) is 2.62. The Labute approximate surface area is 82.5 Å². The molecule has 0 aromatic carbocycles. The lowest BCUT2D eigenvalue weighted by molar-refractivity contribution is -0.0292. The van der Waals surface area contributed by atoms with Crippen LogP contribution in [0.4, 0.5) is 4.79 Å². The number of rotatable bonds is 0. The van der Waals surface area contributed by atoms with Crippen molar-refractivity contribution in [1.29, 1.82) is 0 Å². The lowest BCUT2D eigenvalue weighted by Gasteiger charge is -2.34. The fourth-order valence-electron chi connectivity index (χ4n) is 3.09. The summed E-state index contributed by atoms with van der Waals surface area (Å²) in [6.07, 6.45) is -0.728. The normalized spacial score (nSPS) is 59.6. The minimum Gasteiger partial charge on any atom is -0.424 e. The van der Waals surface area contributed by atoms with E-state index >= 15 is 0 Å². The van der Waals surface area contributed by atoms with Crippen molar-refractivity contribution in [2.75, 3.05) is 0 Å². The molecule has 0 aromatic heterocycles. The van der Waals surface area contributed by atoms with Gasteiger partial charge in [0.25, 0.3) is 0 Å². The van der Waals surface area contributed by atoms with Crippen molar-refractivity contribution in [2.24, 2.45) is 11.8 Å². The minimum absolute atomic E-state index is 0.000972. The molecule has 78 valence electrons. The molecular weight excluding hydrogens is 184 g/mol. The van der Waals surface area contributed by atoms with Gasteiger partial charge in [0.2, 0.25) is 0 Å². The van der Waals surface area contributed by atoms with Gasteiger partial charge in [-0.2, -0.15) is 0 Å². The Morgan fingerprint density at radius 2 is 1.93 bits per heavy atom. The fraction of sp³-hybridized carbons (Fsp3) is 0.900. The minimum atomic E-state index is -0.548. The number of carbonyl (C=O) groups excluding carboxylic acids is 1. The highest BCUT2D eigenvalue weighted by molar-refractivity contribution is 5.64. The molecular formula is C10H14O4. The van der Waals surface area contributed by atoms with Crippen molar-refractivity contribution < 1.29 is 19.0 Å². The Morgan fingerprint density at radius 1 is 1.21 bits per heavy atom. The lowest BCUT2D eigenvalue weighted by Crippen LogP contribution is -2.52. The first kappa shape index (κ1) is 8.53. The van der Waals surface area contributed by atoms with E-state index < -0.39 is 11.8 Å². The van der Waals surface area contributed by atoms with Gasteiger partial charge in [0.1, 0.15) is 12.2 Å². The molecule has 6 unspecified atom stereocenters. The smallest absolute Gasteiger partial charge is 0.424 e. The molecule has 0 saturated carbocycles. The van der Waals surface area contributed by atoms with E-state index in [2.05, 4.69) is 13.8 Å². The van der Waals surface area contributed by atoms with Crippen LogP contribution >= 0.6 is 0 Å². The largest absolute Gasteiger partial charge is 0.509 e. The molecule has 3 heterocycles.